The molecule has 1 rings (SSSR count). The summed E-state index contributed by atoms with van der Waals surface area (Å²) < 4.78 is 9.83. The summed E-state index contributed by atoms with van der Waals surface area (Å²) in [4.78, 5) is 11.6. The summed E-state index contributed by atoms with van der Waals surface area (Å²) in [6.07, 6.45) is 1.25. The van der Waals surface area contributed by atoms with Crippen LogP contribution in [-0.2, 0) is 9.53 Å². The molecule has 0 aliphatic carbocycles. The standard InChI is InChI=1S/C14H14N4O3/c1-20-9-14(19)18-12-4-3-11(21-2)5-13(12)17-8-10(6-15)7-16/h3-5,8,17H,9H2,1-2H3,(H,18,19). The van der Waals surface area contributed by atoms with Gasteiger partial charge >= 0.3 is 0 Å². The third-order valence-corrected chi connectivity index (χ3v) is 2.39. The molecule has 7 nitrogen and oxygen atoms in total. The van der Waals surface area contributed by atoms with E-state index in [-0.39, 0.29) is 18.1 Å². The number of carbonyl (C=O) groups is 1. The lowest BCUT2D eigenvalue weighted by Gasteiger charge is -2.12. The normalized spacial score (nSPS) is 8.95. The highest BCUT2D eigenvalue weighted by atomic mass is 16.5. The van der Waals surface area contributed by atoms with Crippen molar-refractivity contribution >= 4 is 17.3 Å². The Morgan fingerprint density at radius 1 is 1.29 bits per heavy atom. The first-order chi connectivity index (χ1) is 10.1. The minimum absolute atomic E-state index is 0.0804. The monoisotopic (exact) mass is 286 g/mol. The lowest BCUT2D eigenvalue weighted by molar-refractivity contribution is -0.119. The highest BCUT2D eigenvalue weighted by Crippen LogP contribution is 2.27. The maximum absolute atomic E-state index is 11.6. The Balaban J connectivity index is 3.03. The van der Waals surface area contributed by atoms with Crippen LogP contribution < -0.4 is 15.4 Å². The van der Waals surface area contributed by atoms with Gasteiger partial charge in [-0.05, 0) is 12.1 Å². The van der Waals surface area contributed by atoms with E-state index in [2.05, 4.69) is 10.6 Å². The molecule has 0 spiro atoms. The van der Waals surface area contributed by atoms with Crippen LogP contribution >= 0.6 is 0 Å². The molecule has 0 aliphatic rings. The van der Waals surface area contributed by atoms with Gasteiger partial charge in [-0.1, -0.05) is 0 Å². The summed E-state index contributed by atoms with van der Waals surface area (Å²) >= 11 is 0. The minimum Gasteiger partial charge on any atom is -0.497 e. The van der Waals surface area contributed by atoms with Gasteiger partial charge < -0.3 is 20.1 Å². The summed E-state index contributed by atoms with van der Waals surface area (Å²) in [7, 11) is 2.93. The molecule has 0 radical (unpaired) electrons. The molecule has 1 aromatic rings. The number of nitrogens with zero attached hydrogens (tertiary/aromatic N) is 2. The SMILES string of the molecule is COCC(=O)Nc1ccc(OC)cc1NC=C(C#N)C#N. The fraction of sp³-hybridized carbons (Fsp3) is 0.214. The number of hydrogen-bond donors (Lipinski definition) is 2. The highest BCUT2D eigenvalue weighted by Gasteiger charge is 2.08. The number of anilines is 2. The number of ether oxygens (including phenoxy) is 2. The Morgan fingerprint density at radius 2 is 2.00 bits per heavy atom. The van der Waals surface area contributed by atoms with Gasteiger partial charge in [-0.3, -0.25) is 4.79 Å². The molecule has 0 saturated heterocycles. The zero-order valence-corrected chi connectivity index (χ0v) is 11.6. The molecule has 1 aromatic carbocycles. The van der Waals surface area contributed by atoms with Crippen molar-refractivity contribution in [2.75, 3.05) is 31.5 Å². The number of amides is 1. The van der Waals surface area contributed by atoms with E-state index in [0.29, 0.717) is 17.1 Å². The third-order valence-electron chi connectivity index (χ3n) is 2.39. The zero-order chi connectivity index (χ0) is 15.7. The molecule has 2 N–H and O–H groups in total. The van der Waals surface area contributed by atoms with Crippen LogP contribution in [-0.4, -0.2) is 26.7 Å². The average Bonchev–Trinajstić information content (AvgIpc) is 2.49. The van der Waals surface area contributed by atoms with Gasteiger partial charge in [0, 0.05) is 19.4 Å². The van der Waals surface area contributed by atoms with Crippen molar-refractivity contribution in [1.29, 1.82) is 10.5 Å². The highest BCUT2D eigenvalue weighted by molar-refractivity contribution is 5.95. The van der Waals surface area contributed by atoms with Crippen LogP contribution in [0.2, 0.25) is 0 Å². The van der Waals surface area contributed by atoms with Crippen LogP contribution in [0.15, 0.2) is 30.0 Å². The van der Waals surface area contributed by atoms with E-state index >= 15 is 0 Å². The number of allylic oxidation sites excluding steroid dienone is 1. The molecule has 0 aromatic heterocycles. The molecular weight excluding hydrogens is 272 g/mol. The molecule has 0 fully saturated rings. The summed E-state index contributed by atoms with van der Waals surface area (Å²) in [5, 5.41) is 22.8. The van der Waals surface area contributed by atoms with Crippen LogP contribution in [0.25, 0.3) is 0 Å². The topological polar surface area (TPSA) is 107 Å². The number of nitrogens with one attached hydrogen (secondary N) is 2. The number of hydrogen-bond acceptors (Lipinski definition) is 6. The van der Waals surface area contributed by atoms with Crippen LogP contribution in [0.4, 0.5) is 11.4 Å². The van der Waals surface area contributed by atoms with Crippen molar-refractivity contribution in [3.05, 3.63) is 30.0 Å². The van der Waals surface area contributed by atoms with Gasteiger partial charge in [-0.25, -0.2) is 0 Å². The van der Waals surface area contributed by atoms with Crippen molar-refractivity contribution in [3.8, 4) is 17.9 Å². The number of rotatable bonds is 6. The lowest BCUT2D eigenvalue weighted by Crippen LogP contribution is -2.17. The lowest BCUT2D eigenvalue weighted by atomic mass is 10.2. The molecule has 21 heavy (non-hydrogen) atoms. The van der Waals surface area contributed by atoms with Gasteiger partial charge in [0.2, 0.25) is 5.91 Å². The van der Waals surface area contributed by atoms with E-state index in [0.717, 1.165) is 0 Å². The van der Waals surface area contributed by atoms with Crippen molar-refractivity contribution in [1.82, 2.24) is 0 Å². The van der Waals surface area contributed by atoms with E-state index in [1.807, 2.05) is 0 Å². The van der Waals surface area contributed by atoms with E-state index in [1.165, 1.54) is 20.4 Å². The first kappa shape index (κ1) is 16.0. The quantitative estimate of drug-likeness (QED) is 0.769. The molecule has 0 heterocycles. The van der Waals surface area contributed by atoms with E-state index in [9.17, 15) is 4.79 Å². The predicted molar refractivity (Wildman–Crippen MR) is 76.4 cm³/mol. The molecule has 0 atom stereocenters. The fourth-order valence-electron chi connectivity index (χ4n) is 1.44. The predicted octanol–water partition coefficient (Wildman–Crippen LogP) is 1.62. The summed E-state index contributed by atoms with van der Waals surface area (Å²) in [6.45, 7) is -0.0804. The van der Waals surface area contributed by atoms with Crippen LogP contribution in [0.3, 0.4) is 0 Å². The molecular formula is C14H14N4O3. The zero-order valence-electron chi connectivity index (χ0n) is 11.6. The largest absolute Gasteiger partial charge is 0.497 e. The first-order valence-electron chi connectivity index (χ1n) is 5.88. The number of methoxy groups -OCH3 is 2. The third kappa shape index (κ3) is 4.86. The number of benzene rings is 1. The Hall–Kier alpha value is -3.03. The molecule has 108 valence electrons. The van der Waals surface area contributed by atoms with Gasteiger partial charge in [0.1, 0.15) is 30.1 Å². The molecule has 0 unspecified atom stereocenters. The Labute approximate surface area is 122 Å². The van der Waals surface area contributed by atoms with Crippen molar-refractivity contribution in [2.45, 2.75) is 0 Å². The molecule has 7 heteroatoms. The second kappa shape index (κ2) is 8.20. The fourth-order valence-corrected chi connectivity index (χ4v) is 1.44. The molecule has 0 aliphatic heterocycles. The van der Waals surface area contributed by atoms with Crippen molar-refractivity contribution < 1.29 is 14.3 Å². The minimum atomic E-state index is -0.324. The van der Waals surface area contributed by atoms with Gasteiger partial charge in [0.25, 0.3) is 0 Å². The van der Waals surface area contributed by atoms with Crippen molar-refractivity contribution in [3.63, 3.8) is 0 Å². The second-order valence-corrected chi connectivity index (χ2v) is 3.82. The second-order valence-electron chi connectivity index (χ2n) is 3.82. The first-order valence-corrected chi connectivity index (χ1v) is 5.88. The number of carbonyl (C=O) groups excluding carboxylic acids is 1. The maximum Gasteiger partial charge on any atom is 0.250 e. The van der Waals surface area contributed by atoms with Crippen LogP contribution in [0.1, 0.15) is 0 Å². The summed E-state index contributed by atoms with van der Waals surface area (Å²) in [5.74, 6) is 0.238. The van der Waals surface area contributed by atoms with Crippen molar-refractivity contribution in [2.24, 2.45) is 0 Å². The Kier molecular flexibility index (Phi) is 6.26. The summed E-state index contributed by atoms with van der Waals surface area (Å²) in [6, 6.07) is 8.40. The Bertz CT molecular complexity index is 610. The van der Waals surface area contributed by atoms with Crippen LogP contribution in [0, 0.1) is 22.7 Å². The van der Waals surface area contributed by atoms with E-state index in [4.69, 9.17) is 20.0 Å². The van der Waals surface area contributed by atoms with E-state index in [1.54, 1.807) is 30.3 Å². The van der Waals surface area contributed by atoms with Gasteiger partial charge in [0.15, 0.2) is 0 Å². The molecule has 1 amide bonds. The molecule has 0 bridgehead atoms. The van der Waals surface area contributed by atoms with Gasteiger partial charge in [-0.2, -0.15) is 10.5 Å². The summed E-state index contributed by atoms with van der Waals surface area (Å²) in [5.41, 5.74) is 0.873. The van der Waals surface area contributed by atoms with Gasteiger partial charge in [0.05, 0.1) is 18.5 Å². The average molecular weight is 286 g/mol. The van der Waals surface area contributed by atoms with Crippen LogP contribution in [0.5, 0.6) is 5.75 Å². The van der Waals surface area contributed by atoms with Gasteiger partial charge in [-0.15, -0.1) is 0 Å². The van der Waals surface area contributed by atoms with E-state index < -0.39 is 0 Å². The Morgan fingerprint density at radius 3 is 2.57 bits per heavy atom. The maximum atomic E-state index is 11.6. The number of nitriles is 2. The molecule has 0 saturated carbocycles. The smallest absolute Gasteiger partial charge is 0.250 e.